The van der Waals surface area contributed by atoms with Crippen LogP contribution in [0.3, 0.4) is 0 Å². The van der Waals surface area contributed by atoms with Crippen LogP contribution in [0.15, 0.2) is 40.9 Å². The van der Waals surface area contributed by atoms with Gasteiger partial charge in [0.1, 0.15) is 11.6 Å². The predicted octanol–water partition coefficient (Wildman–Crippen LogP) is 4.93. The lowest BCUT2D eigenvalue weighted by atomic mass is 9.96. The lowest BCUT2D eigenvalue weighted by molar-refractivity contribution is 0.505. The number of nitrogens with one attached hydrogen (secondary N) is 1. The first kappa shape index (κ1) is 16.1. The monoisotopic (exact) mass is 353 g/mol. The largest absolute Gasteiger partial charge is 0.310 e. The van der Waals surface area contributed by atoms with Gasteiger partial charge in [-0.25, -0.2) is 8.78 Å². The molecule has 1 atom stereocenters. The summed E-state index contributed by atoms with van der Waals surface area (Å²) in [4.78, 5) is 0. The zero-order valence-corrected chi connectivity index (χ0v) is 13.7. The van der Waals surface area contributed by atoms with Crippen molar-refractivity contribution in [2.75, 3.05) is 6.54 Å². The van der Waals surface area contributed by atoms with E-state index in [4.69, 9.17) is 0 Å². The molecule has 2 rings (SSSR count). The van der Waals surface area contributed by atoms with Crippen molar-refractivity contribution in [2.24, 2.45) is 0 Å². The van der Waals surface area contributed by atoms with E-state index in [-0.39, 0.29) is 17.7 Å². The zero-order chi connectivity index (χ0) is 15.4. The van der Waals surface area contributed by atoms with Gasteiger partial charge < -0.3 is 5.32 Å². The first-order valence-electron chi connectivity index (χ1n) is 6.95. The van der Waals surface area contributed by atoms with Gasteiger partial charge in [0.05, 0.1) is 0 Å². The van der Waals surface area contributed by atoms with Gasteiger partial charge in [-0.3, -0.25) is 0 Å². The summed E-state index contributed by atoms with van der Waals surface area (Å²) in [6, 6.07) is 9.76. The Morgan fingerprint density at radius 2 is 1.95 bits per heavy atom. The van der Waals surface area contributed by atoms with Crippen LogP contribution in [0.2, 0.25) is 0 Å². The van der Waals surface area contributed by atoms with Gasteiger partial charge in [-0.1, -0.05) is 41.1 Å². The van der Waals surface area contributed by atoms with E-state index < -0.39 is 0 Å². The number of halogens is 3. The first-order chi connectivity index (χ1) is 10.0. The van der Waals surface area contributed by atoms with Crippen molar-refractivity contribution in [1.82, 2.24) is 5.32 Å². The second-order valence-electron chi connectivity index (χ2n) is 5.03. The SMILES string of the molecule is CCNC(Cc1cc(F)ccc1Br)c1cccc(C)c1F. The Hall–Kier alpha value is -1.26. The molecule has 21 heavy (non-hydrogen) atoms. The quantitative estimate of drug-likeness (QED) is 0.803. The fourth-order valence-electron chi connectivity index (χ4n) is 2.40. The molecule has 0 aliphatic carbocycles. The summed E-state index contributed by atoms with van der Waals surface area (Å²) in [5, 5.41) is 3.28. The van der Waals surface area contributed by atoms with Crippen LogP contribution in [0.25, 0.3) is 0 Å². The molecule has 1 unspecified atom stereocenters. The topological polar surface area (TPSA) is 12.0 Å². The minimum Gasteiger partial charge on any atom is -0.310 e. The highest BCUT2D eigenvalue weighted by Gasteiger charge is 2.18. The highest BCUT2D eigenvalue weighted by Crippen LogP contribution is 2.27. The number of benzene rings is 2. The highest BCUT2D eigenvalue weighted by molar-refractivity contribution is 9.10. The molecule has 0 heterocycles. The maximum Gasteiger partial charge on any atom is 0.130 e. The molecular weight excluding hydrogens is 336 g/mol. The minimum absolute atomic E-state index is 0.187. The normalized spacial score (nSPS) is 12.4. The van der Waals surface area contributed by atoms with Crippen molar-refractivity contribution >= 4 is 15.9 Å². The molecule has 0 aliphatic rings. The molecule has 1 N–H and O–H groups in total. The Kier molecular flexibility index (Phi) is 5.48. The van der Waals surface area contributed by atoms with Crippen molar-refractivity contribution < 1.29 is 8.78 Å². The van der Waals surface area contributed by atoms with E-state index in [1.165, 1.54) is 12.1 Å². The summed E-state index contributed by atoms with van der Waals surface area (Å²) < 4.78 is 28.6. The Balaban J connectivity index is 2.35. The summed E-state index contributed by atoms with van der Waals surface area (Å²) in [7, 11) is 0. The summed E-state index contributed by atoms with van der Waals surface area (Å²) in [6.45, 7) is 4.44. The molecule has 2 aromatic carbocycles. The molecule has 2 aromatic rings. The summed E-state index contributed by atoms with van der Waals surface area (Å²) in [5.74, 6) is -0.482. The molecule has 0 aliphatic heterocycles. The minimum atomic E-state index is -0.284. The fraction of sp³-hybridized carbons (Fsp3) is 0.294. The van der Waals surface area contributed by atoms with Crippen LogP contribution < -0.4 is 5.32 Å². The van der Waals surface area contributed by atoms with Crippen molar-refractivity contribution in [3.8, 4) is 0 Å². The van der Waals surface area contributed by atoms with E-state index in [0.29, 0.717) is 24.1 Å². The van der Waals surface area contributed by atoms with Crippen LogP contribution in [0.5, 0.6) is 0 Å². The Morgan fingerprint density at radius 3 is 2.67 bits per heavy atom. The van der Waals surface area contributed by atoms with E-state index >= 15 is 0 Å². The van der Waals surface area contributed by atoms with Crippen LogP contribution in [0.1, 0.15) is 29.7 Å². The maximum absolute atomic E-state index is 14.3. The number of rotatable bonds is 5. The Morgan fingerprint density at radius 1 is 1.19 bits per heavy atom. The van der Waals surface area contributed by atoms with E-state index in [2.05, 4.69) is 21.2 Å². The lowest BCUT2D eigenvalue weighted by Gasteiger charge is -2.20. The summed E-state index contributed by atoms with van der Waals surface area (Å²) in [5.41, 5.74) is 2.06. The molecule has 0 saturated heterocycles. The average Bonchev–Trinajstić information content (AvgIpc) is 2.45. The van der Waals surface area contributed by atoms with Crippen LogP contribution >= 0.6 is 15.9 Å². The van der Waals surface area contributed by atoms with Gasteiger partial charge >= 0.3 is 0 Å². The molecular formula is C17H18BrF2N. The van der Waals surface area contributed by atoms with Crippen molar-refractivity contribution in [2.45, 2.75) is 26.3 Å². The zero-order valence-electron chi connectivity index (χ0n) is 12.1. The molecule has 4 heteroatoms. The van der Waals surface area contributed by atoms with E-state index in [0.717, 1.165) is 10.0 Å². The fourth-order valence-corrected chi connectivity index (χ4v) is 2.81. The van der Waals surface area contributed by atoms with Crippen molar-refractivity contribution in [1.29, 1.82) is 0 Å². The van der Waals surface area contributed by atoms with Crippen LogP contribution in [0.4, 0.5) is 8.78 Å². The molecule has 0 amide bonds. The number of likely N-dealkylation sites (N-methyl/N-ethyl adjacent to an activating group) is 1. The van der Waals surface area contributed by atoms with Gasteiger partial charge in [0, 0.05) is 16.1 Å². The van der Waals surface area contributed by atoms with E-state index in [1.807, 2.05) is 13.0 Å². The van der Waals surface area contributed by atoms with E-state index in [9.17, 15) is 8.78 Å². The second kappa shape index (κ2) is 7.14. The van der Waals surface area contributed by atoms with Crippen LogP contribution in [-0.2, 0) is 6.42 Å². The smallest absolute Gasteiger partial charge is 0.130 e. The highest BCUT2D eigenvalue weighted by atomic mass is 79.9. The summed E-state index contributed by atoms with van der Waals surface area (Å²) >= 11 is 3.43. The molecule has 0 fully saturated rings. The third-order valence-electron chi connectivity index (χ3n) is 3.48. The first-order valence-corrected chi connectivity index (χ1v) is 7.74. The number of aryl methyl sites for hydroxylation is 1. The molecule has 0 radical (unpaired) electrons. The van der Waals surface area contributed by atoms with Gasteiger partial charge in [-0.2, -0.15) is 0 Å². The average molecular weight is 354 g/mol. The maximum atomic E-state index is 14.3. The molecule has 112 valence electrons. The molecule has 0 spiro atoms. The lowest BCUT2D eigenvalue weighted by Crippen LogP contribution is -2.24. The summed E-state index contributed by atoms with van der Waals surface area (Å²) in [6.07, 6.45) is 0.520. The van der Waals surface area contributed by atoms with E-state index in [1.54, 1.807) is 25.1 Å². The van der Waals surface area contributed by atoms with Gasteiger partial charge in [0.15, 0.2) is 0 Å². The Labute approximate surface area is 132 Å². The Bertz CT molecular complexity index is 628. The number of hydrogen-bond acceptors (Lipinski definition) is 1. The van der Waals surface area contributed by atoms with Gasteiger partial charge in [-0.05, 0) is 49.2 Å². The van der Waals surface area contributed by atoms with Crippen molar-refractivity contribution in [3.63, 3.8) is 0 Å². The van der Waals surface area contributed by atoms with Crippen LogP contribution in [0, 0.1) is 18.6 Å². The van der Waals surface area contributed by atoms with Crippen molar-refractivity contribution in [3.05, 3.63) is 69.2 Å². The number of hydrogen-bond donors (Lipinski definition) is 1. The second-order valence-corrected chi connectivity index (χ2v) is 5.88. The van der Waals surface area contributed by atoms with Gasteiger partial charge in [0.2, 0.25) is 0 Å². The third-order valence-corrected chi connectivity index (χ3v) is 4.25. The predicted molar refractivity (Wildman–Crippen MR) is 85.4 cm³/mol. The molecule has 0 aromatic heterocycles. The van der Waals surface area contributed by atoms with Crippen LogP contribution in [-0.4, -0.2) is 6.54 Å². The molecule has 0 saturated carbocycles. The molecule has 1 nitrogen and oxygen atoms in total. The third kappa shape index (κ3) is 3.89. The molecule has 0 bridgehead atoms. The van der Waals surface area contributed by atoms with Gasteiger partial charge in [0.25, 0.3) is 0 Å². The van der Waals surface area contributed by atoms with Gasteiger partial charge in [-0.15, -0.1) is 0 Å². The standard InChI is InChI=1S/C17H18BrF2N/c1-3-21-16(14-6-4-5-11(2)17(14)20)10-12-9-13(19)7-8-15(12)18/h4-9,16,21H,3,10H2,1-2H3.